The second-order valence-electron chi connectivity index (χ2n) is 10.7. The lowest BCUT2D eigenvalue weighted by Crippen LogP contribution is -2.32. The highest BCUT2D eigenvalue weighted by atomic mass is 35.5. The molecule has 4 aromatic rings. The Morgan fingerprint density at radius 3 is 2.27 bits per heavy atom. The number of nitrogens with zero attached hydrogens (tertiary/aromatic N) is 2. The minimum Gasteiger partial charge on any atom is -0.461 e. The van der Waals surface area contributed by atoms with Gasteiger partial charge >= 0.3 is 12.0 Å². The maximum atomic E-state index is 14.4. The van der Waals surface area contributed by atoms with Crippen molar-refractivity contribution in [3.63, 3.8) is 0 Å². The number of ether oxygens (including phenoxy) is 1. The van der Waals surface area contributed by atoms with Crippen molar-refractivity contribution in [3.05, 3.63) is 83.3 Å². The van der Waals surface area contributed by atoms with Crippen LogP contribution in [-0.2, 0) is 4.74 Å². The van der Waals surface area contributed by atoms with E-state index in [1.54, 1.807) is 13.0 Å². The number of amides is 2. The summed E-state index contributed by atoms with van der Waals surface area (Å²) in [5.41, 5.74) is 3.20. The second kappa shape index (κ2) is 13.1. The van der Waals surface area contributed by atoms with Gasteiger partial charge in [0, 0.05) is 29.2 Å². The first-order chi connectivity index (χ1) is 19.6. The van der Waals surface area contributed by atoms with Crippen LogP contribution in [0.1, 0.15) is 45.1 Å². The fourth-order valence-corrected chi connectivity index (χ4v) is 5.01. The van der Waals surface area contributed by atoms with Crippen LogP contribution in [0.4, 0.5) is 26.2 Å². The molecule has 0 unspecified atom stereocenters. The van der Waals surface area contributed by atoms with Gasteiger partial charge in [0.15, 0.2) is 0 Å². The Morgan fingerprint density at radius 2 is 1.61 bits per heavy atom. The zero-order chi connectivity index (χ0) is 29.7. The highest BCUT2D eigenvalue weighted by Crippen LogP contribution is 2.33. The first-order valence-corrected chi connectivity index (χ1v) is 14.1. The number of carbonyl (C=O) groups is 2. The number of rotatable bonds is 10. The Balaban J connectivity index is 1.83. The van der Waals surface area contributed by atoms with Gasteiger partial charge < -0.3 is 24.8 Å². The number of halogens is 2. The van der Waals surface area contributed by atoms with Crippen molar-refractivity contribution in [2.24, 2.45) is 11.8 Å². The van der Waals surface area contributed by atoms with E-state index in [-0.39, 0.29) is 17.3 Å². The van der Waals surface area contributed by atoms with Gasteiger partial charge in [-0.1, -0.05) is 57.5 Å². The van der Waals surface area contributed by atoms with Gasteiger partial charge in [-0.25, -0.2) is 14.0 Å². The normalized spacial score (nSPS) is 11.2. The zero-order valence-corrected chi connectivity index (χ0v) is 24.8. The summed E-state index contributed by atoms with van der Waals surface area (Å²) in [5, 5.41) is 6.63. The van der Waals surface area contributed by atoms with E-state index < -0.39 is 17.8 Å². The molecule has 0 aliphatic rings. The summed E-state index contributed by atoms with van der Waals surface area (Å²) in [6, 6.07) is 18.6. The van der Waals surface area contributed by atoms with Crippen LogP contribution >= 0.6 is 11.6 Å². The molecule has 2 N–H and O–H groups in total. The minimum atomic E-state index is -0.638. The number of benzene rings is 3. The number of urea groups is 1. The lowest BCUT2D eigenvalue weighted by molar-refractivity contribution is 0.0517. The molecule has 0 aliphatic heterocycles. The van der Waals surface area contributed by atoms with E-state index in [9.17, 15) is 14.0 Å². The molecule has 41 heavy (non-hydrogen) atoms. The van der Waals surface area contributed by atoms with Gasteiger partial charge in [-0.05, 0) is 67.3 Å². The average Bonchev–Trinajstić information content (AvgIpc) is 3.29. The van der Waals surface area contributed by atoms with Crippen molar-refractivity contribution < 1.29 is 18.7 Å². The van der Waals surface area contributed by atoms with E-state index in [2.05, 4.69) is 43.2 Å². The summed E-state index contributed by atoms with van der Waals surface area (Å²) in [4.78, 5) is 28.4. The predicted octanol–water partition coefficient (Wildman–Crippen LogP) is 8.36. The van der Waals surface area contributed by atoms with E-state index in [0.29, 0.717) is 28.9 Å². The number of anilines is 3. The lowest BCUT2D eigenvalue weighted by atomic mass is 10.1. The van der Waals surface area contributed by atoms with Crippen LogP contribution in [0.2, 0.25) is 5.02 Å². The standard InChI is InChI=1S/C32H36ClFN4O3/c1-6-41-31(39)30-15-22-9-7-8-10-28(22)38(30)24-12-14-29(37(18-20(2)3)19-21(4)5)27(17-24)36-32(40)35-26-13-11-23(33)16-25(26)34/h7-17,20-21H,6,18-19H2,1-5H3,(H2,35,36,40). The molecule has 3 aromatic carbocycles. The largest absolute Gasteiger partial charge is 0.461 e. The molecule has 216 valence electrons. The van der Waals surface area contributed by atoms with Crippen molar-refractivity contribution in [3.8, 4) is 5.69 Å². The number of hydrogen-bond donors (Lipinski definition) is 2. The van der Waals surface area contributed by atoms with E-state index in [1.165, 1.54) is 12.1 Å². The van der Waals surface area contributed by atoms with E-state index in [4.69, 9.17) is 16.3 Å². The highest BCUT2D eigenvalue weighted by Gasteiger charge is 2.21. The Labute approximate surface area is 245 Å². The number of fused-ring (bicyclic) bond motifs is 1. The van der Waals surface area contributed by atoms with Gasteiger partial charge in [0.2, 0.25) is 0 Å². The molecular weight excluding hydrogens is 543 g/mol. The third kappa shape index (κ3) is 7.19. The van der Waals surface area contributed by atoms with Gasteiger partial charge in [-0.2, -0.15) is 0 Å². The maximum Gasteiger partial charge on any atom is 0.355 e. The van der Waals surface area contributed by atoms with Gasteiger partial charge in [-0.3, -0.25) is 0 Å². The molecule has 2 amide bonds. The number of nitrogens with one attached hydrogen (secondary N) is 2. The van der Waals surface area contributed by atoms with Crippen molar-refractivity contribution in [1.29, 1.82) is 0 Å². The molecule has 4 rings (SSSR count). The molecule has 1 aromatic heterocycles. The van der Waals surface area contributed by atoms with Crippen LogP contribution in [0.3, 0.4) is 0 Å². The lowest BCUT2D eigenvalue weighted by Gasteiger charge is -2.31. The molecule has 0 aliphatic carbocycles. The first-order valence-electron chi connectivity index (χ1n) is 13.8. The summed E-state index contributed by atoms with van der Waals surface area (Å²) in [6.45, 7) is 12.1. The fourth-order valence-electron chi connectivity index (χ4n) is 4.85. The highest BCUT2D eigenvalue weighted by molar-refractivity contribution is 6.30. The Hall–Kier alpha value is -4.04. The van der Waals surface area contributed by atoms with E-state index in [0.717, 1.165) is 35.7 Å². The summed E-state index contributed by atoms with van der Waals surface area (Å²) in [7, 11) is 0. The topological polar surface area (TPSA) is 75.6 Å². The average molecular weight is 579 g/mol. The molecule has 0 saturated carbocycles. The monoisotopic (exact) mass is 578 g/mol. The summed E-state index contributed by atoms with van der Waals surface area (Å²) in [5.74, 6) is -0.357. The van der Waals surface area contributed by atoms with Crippen LogP contribution in [0.15, 0.2) is 66.7 Å². The van der Waals surface area contributed by atoms with Gasteiger partial charge in [0.25, 0.3) is 0 Å². The molecule has 0 spiro atoms. The predicted molar refractivity (Wildman–Crippen MR) is 165 cm³/mol. The number of hydrogen-bond acceptors (Lipinski definition) is 4. The van der Waals surface area contributed by atoms with Crippen LogP contribution in [0, 0.1) is 17.7 Å². The van der Waals surface area contributed by atoms with Crippen LogP contribution in [0.25, 0.3) is 16.6 Å². The molecule has 0 fully saturated rings. The Morgan fingerprint density at radius 1 is 0.927 bits per heavy atom. The quantitative estimate of drug-likeness (QED) is 0.185. The smallest absolute Gasteiger partial charge is 0.355 e. The van der Waals surface area contributed by atoms with Crippen LogP contribution in [0.5, 0.6) is 0 Å². The molecule has 0 radical (unpaired) electrons. The SMILES string of the molecule is CCOC(=O)c1cc2ccccc2n1-c1ccc(N(CC(C)C)CC(C)C)c(NC(=O)Nc2ccc(Cl)cc2F)c1. The van der Waals surface area contributed by atoms with Gasteiger partial charge in [-0.15, -0.1) is 0 Å². The van der Waals surface area contributed by atoms with Crippen molar-refractivity contribution in [1.82, 2.24) is 4.57 Å². The van der Waals surface area contributed by atoms with Crippen molar-refractivity contribution >= 4 is 51.6 Å². The molecule has 0 saturated heterocycles. The number of aromatic nitrogens is 1. The van der Waals surface area contributed by atoms with E-state index in [1.807, 2.05) is 47.0 Å². The Bertz CT molecular complexity index is 1540. The fraction of sp³-hybridized carbons (Fsp3) is 0.312. The molecule has 7 nitrogen and oxygen atoms in total. The molecule has 0 bridgehead atoms. The number of esters is 1. The third-order valence-corrected chi connectivity index (χ3v) is 6.61. The molecule has 9 heteroatoms. The molecule has 0 atom stereocenters. The maximum absolute atomic E-state index is 14.4. The van der Waals surface area contributed by atoms with Gasteiger partial charge in [0.05, 0.1) is 29.2 Å². The number of carbonyl (C=O) groups excluding carboxylic acids is 2. The van der Waals surface area contributed by atoms with Crippen molar-refractivity contribution in [2.75, 3.05) is 35.2 Å². The Kier molecular flexibility index (Phi) is 9.55. The minimum absolute atomic E-state index is 0.00632. The van der Waals surface area contributed by atoms with Crippen LogP contribution in [-0.4, -0.2) is 36.3 Å². The van der Waals surface area contributed by atoms with E-state index >= 15 is 0 Å². The first kappa shape index (κ1) is 29.9. The second-order valence-corrected chi connectivity index (χ2v) is 11.2. The van der Waals surface area contributed by atoms with Gasteiger partial charge in [0.1, 0.15) is 11.5 Å². The number of para-hydroxylation sites is 1. The third-order valence-electron chi connectivity index (χ3n) is 6.37. The van der Waals surface area contributed by atoms with Crippen LogP contribution < -0.4 is 15.5 Å². The summed E-state index contributed by atoms with van der Waals surface area (Å²) < 4.78 is 21.6. The molecular formula is C32H36ClFN4O3. The molecule has 1 heterocycles. The zero-order valence-electron chi connectivity index (χ0n) is 24.0. The summed E-state index contributed by atoms with van der Waals surface area (Å²) in [6.07, 6.45) is 0. The summed E-state index contributed by atoms with van der Waals surface area (Å²) >= 11 is 5.88. The van der Waals surface area contributed by atoms with Crippen molar-refractivity contribution in [2.45, 2.75) is 34.6 Å².